The summed E-state index contributed by atoms with van der Waals surface area (Å²) in [5, 5.41) is 21.7. The first-order valence-corrected chi connectivity index (χ1v) is 6.09. The highest BCUT2D eigenvalue weighted by Crippen LogP contribution is 2.12. The van der Waals surface area contributed by atoms with Crippen molar-refractivity contribution in [3.05, 3.63) is 12.2 Å². The molecule has 0 heterocycles. The number of ether oxygens (including phenoxy) is 1. The van der Waals surface area contributed by atoms with E-state index in [9.17, 15) is 5.11 Å². The lowest BCUT2D eigenvalue weighted by Crippen LogP contribution is -2.41. The molecule has 0 amide bonds. The maximum absolute atomic E-state index is 9.90. The smallest absolute Gasteiger partial charge is 0.0698 e. The van der Waals surface area contributed by atoms with Crippen molar-refractivity contribution < 1.29 is 14.9 Å². The quantitative estimate of drug-likeness (QED) is 0.457. The lowest BCUT2D eigenvalue weighted by atomic mass is 9.98. The van der Waals surface area contributed by atoms with Crippen LogP contribution >= 0.6 is 0 Å². The topological polar surface area (TPSA) is 61.7 Å². The van der Waals surface area contributed by atoms with Crippen LogP contribution < -0.4 is 5.32 Å². The second-order valence-corrected chi connectivity index (χ2v) is 4.09. The van der Waals surface area contributed by atoms with E-state index >= 15 is 0 Å². The summed E-state index contributed by atoms with van der Waals surface area (Å²) in [6.07, 6.45) is 7.84. The molecule has 0 aromatic rings. The van der Waals surface area contributed by atoms with E-state index in [4.69, 9.17) is 9.84 Å². The Morgan fingerprint density at radius 2 is 1.94 bits per heavy atom. The van der Waals surface area contributed by atoms with Crippen LogP contribution in [0.15, 0.2) is 12.2 Å². The van der Waals surface area contributed by atoms with E-state index in [-0.39, 0.29) is 18.8 Å². The van der Waals surface area contributed by atoms with Crippen molar-refractivity contribution in [2.24, 2.45) is 0 Å². The Kier molecular flexibility index (Phi) is 7.42. The molecule has 0 unspecified atom stereocenters. The third-order valence-corrected chi connectivity index (χ3v) is 2.79. The number of rotatable bonds is 6. The number of hydrogen-bond acceptors (Lipinski definition) is 4. The van der Waals surface area contributed by atoms with Gasteiger partial charge in [-0.1, -0.05) is 12.2 Å². The fraction of sp³-hybridized carbons (Fsp3) is 0.833. The second kappa shape index (κ2) is 8.70. The van der Waals surface area contributed by atoms with Gasteiger partial charge in [0.25, 0.3) is 0 Å². The molecule has 1 aliphatic carbocycles. The van der Waals surface area contributed by atoms with Gasteiger partial charge in [0.05, 0.1) is 25.9 Å². The number of aliphatic hydroxyl groups is 2. The Morgan fingerprint density at radius 3 is 2.69 bits per heavy atom. The molecule has 16 heavy (non-hydrogen) atoms. The Labute approximate surface area is 97.3 Å². The molecule has 1 aliphatic rings. The van der Waals surface area contributed by atoms with E-state index in [1.165, 1.54) is 0 Å². The average Bonchev–Trinajstić information content (AvgIpc) is 2.27. The molecule has 0 fully saturated rings. The van der Waals surface area contributed by atoms with Gasteiger partial charge >= 0.3 is 0 Å². The largest absolute Gasteiger partial charge is 0.394 e. The Morgan fingerprint density at radius 1 is 1.19 bits per heavy atom. The van der Waals surface area contributed by atoms with Crippen molar-refractivity contribution >= 4 is 0 Å². The number of hydrogen-bond donors (Lipinski definition) is 3. The molecule has 0 saturated heterocycles. The van der Waals surface area contributed by atoms with Crippen molar-refractivity contribution in [2.75, 3.05) is 26.4 Å². The van der Waals surface area contributed by atoms with Gasteiger partial charge in [-0.2, -0.15) is 0 Å². The van der Waals surface area contributed by atoms with E-state index < -0.39 is 0 Å². The minimum atomic E-state index is -0.261. The summed E-state index contributed by atoms with van der Waals surface area (Å²) in [5.74, 6) is 0. The SMILES string of the molecule is OCCOCCN[C@H]1CC/C=C/CC[C@@H]1O. The first-order valence-electron chi connectivity index (χ1n) is 6.09. The normalized spacial score (nSPS) is 28.4. The molecule has 3 N–H and O–H groups in total. The first-order chi connectivity index (χ1) is 7.84. The summed E-state index contributed by atoms with van der Waals surface area (Å²) >= 11 is 0. The molecule has 0 aromatic carbocycles. The van der Waals surface area contributed by atoms with E-state index in [2.05, 4.69) is 17.5 Å². The van der Waals surface area contributed by atoms with E-state index in [0.717, 1.165) is 32.2 Å². The summed E-state index contributed by atoms with van der Waals surface area (Å²) in [4.78, 5) is 0. The average molecular weight is 229 g/mol. The van der Waals surface area contributed by atoms with Gasteiger partial charge in [0, 0.05) is 12.6 Å². The van der Waals surface area contributed by atoms with Gasteiger partial charge in [0.1, 0.15) is 0 Å². The standard InChI is InChI=1S/C12H23NO3/c14-8-10-16-9-7-13-11-5-3-1-2-4-6-12(11)15/h1-2,11-15H,3-10H2/b2-1+/t11-,12-/m0/s1. The third-order valence-electron chi connectivity index (χ3n) is 2.79. The summed E-state index contributed by atoms with van der Waals surface area (Å²) in [7, 11) is 0. The van der Waals surface area contributed by atoms with Gasteiger partial charge in [0.2, 0.25) is 0 Å². The molecular weight excluding hydrogens is 206 g/mol. The Balaban J connectivity index is 2.15. The zero-order valence-corrected chi connectivity index (χ0v) is 9.77. The van der Waals surface area contributed by atoms with Gasteiger partial charge in [-0.15, -0.1) is 0 Å². The summed E-state index contributed by atoms with van der Waals surface area (Å²) in [6, 6.07) is 0.169. The fourth-order valence-corrected chi connectivity index (χ4v) is 1.89. The van der Waals surface area contributed by atoms with Crippen molar-refractivity contribution in [3.63, 3.8) is 0 Å². The molecule has 0 radical (unpaired) electrons. The van der Waals surface area contributed by atoms with Crippen LogP contribution in [0, 0.1) is 0 Å². The van der Waals surface area contributed by atoms with E-state index in [0.29, 0.717) is 13.2 Å². The van der Waals surface area contributed by atoms with E-state index in [1.54, 1.807) is 0 Å². The molecule has 4 nitrogen and oxygen atoms in total. The molecule has 0 bridgehead atoms. The maximum Gasteiger partial charge on any atom is 0.0698 e. The second-order valence-electron chi connectivity index (χ2n) is 4.09. The molecule has 1 rings (SSSR count). The van der Waals surface area contributed by atoms with Crippen LogP contribution in [-0.4, -0.2) is 48.7 Å². The highest BCUT2D eigenvalue weighted by Gasteiger charge is 2.18. The monoisotopic (exact) mass is 229 g/mol. The van der Waals surface area contributed by atoms with Crippen molar-refractivity contribution in [2.45, 2.75) is 37.8 Å². The van der Waals surface area contributed by atoms with Crippen LogP contribution in [0.2, 0.25) is 0 Å². The summed E-state index contributed by atoms with van der Waals surface area (Å²) < 4.78 is 5.16. The fourth-order valence-electron chi connectivity index (χ4n) is 1.89. The van der Waals surface area contributed by atoms with Gasteiger partial charge < -0.3 is 20.3 Å². The first kappa shape index (κ1) is 13.6. The maximum atomic E-state index is 9.90. The highest BCUT2D eigenvalue weighted by atomic mass is 16.5. The van der Waals surface area contributed by atoms with E-state index in [1.807, 2.05) is 0 Å². The van der Waals surface area contributed by atoms with Crippen LogP contribution in [-0.2, 0) is 4.74 Å². The van der Waals surface area contributed by atoms with Crippen LogP contribution in [0.5, 0.6) is 0 Å². The molecule has 0 saturated carbocycles. The van der Waals surface area contributed by atoms with Gasteiger partial charge in [-0.05, 0) is 25.7 Å². The number of nitrogens with one attached hydrogen (secondary N) is 1. The van der Waals surface area contributed by atoms with Gasteiger partial charge in [-0.3, -0.25) is 0 Å². The number of allylic oxidation sites excluding steroid dienone is 2. The molecule has 0 aliphatic heterocycles. The molecule has 0 aromatic heterocycles. The highest BCUT2D eigenvalue weighted by molar-refractivity contribution is 4.90. The van der Waals surface area contributed by atoms with Crippen molar-refractivity contribution in [3.8, 4) is 0 Å². The molecule has 2 atom stereocenters. The number of aliphatic hydroxyl groups excluding tert-OH is 2. The van der Waals surface area contributed by atoms with Crippen LogP contribution in [0.3, 0.4) is 0 Å². The lowest BCUT2D eigenvalue weighted by Gasteiger charge is -2.24. The predicted molar refractivity (Wildman–Crippen MR) is 63.3 cm³/mol. The van der Waals surface area contributed by atoms with Gasteiger partial charge in [0.15, 0.2) is 0 Å². The minimum absolute atomic E-state index is 0.0663. The third kappa shape index (κ3) is 5.61. The predicted octanol–water partition coefficient (Wildman–Crippen LogP) is 0.445. The molecular formula is C12H23NO3. The zero-order valence-electron chi connectivity index (χ0n) is 9.77. The molecule has 0 spiro atoms. The molecule has 94 valence electrons. The Hall–Kier alpha value is -0.420. The summed E-state index contributed by atoms with van der Waals surface area (Å²) in [6.45, 7) is 1.76. The van der Waals surface area contributed by atoms with Crippen LogP contribution in [0.25, 0.3) is 0 Å². The Bertz CT molecular complexity index is 197. The minimum Gasteiger partial charge on any atom is -0.394 e. The van der Waals surface area contributed by atoms with Crippen LogP contribution in [0.4, 0.5) is 0 Å². The summed E-state index contributed by atoms with van der Waals surface area (Å²) in [5.41, 5.74) is 0. The zero-order chi connectivity index (χ0) is 11.6. The molecule has 4 heteroatoms. The lowest BCUT2D eigenvalue weighted by molar-refractivity contribution is 0.0797. The van der Waals surface area contributed by atoms with Crippen molar-refractivity contribution in [1.29, 1.82) is 0 Å². The van der Waals surface area contributed by atoms with Gasteiger partial charge in [-0.25, -0.2) is 0 Å². The van der Waals surface area contributed by atoms with Crippen LogP contribution in [0.1, 0.15) is 25.7 Å². The van der Waals surface area contributed by atoms with Crippen molar-refractivity contribution in [1.82, 2.24) is 5.32 Å².